The van der Waals surface area contributed by atoms with E-state index < -0.39 is 11.2 Å². The summed E-state index contributed by atoms with van der Waals surface area (Å²) in [4.78, 5) is 25.5. The first-order valence-electron chi connectivity index (χ1n) is 12.7. The third kappa shape index (κ3) is 15.8. The quantitative estimate of drug-likeness (QED) is 0.555. The molecule has 2 aliphatic rings. The fourth-order valence-corrected chi connectivity index (χ4v) is 3.66. The van der Waals surface area contributed by atoms with Crippen LogP contribution in [0.4, 0.5) is 9.59 Å². The molecule has 0 aromatic rings. The summed E-state index contributed by atoms with van der Waals surface area (Å²) in [6.07, 6.45) is 4.69. The summed E-state index contributed by atoms with van der Waals surface area (Å²) in [5.74, 6) is 0.762. The van der Waals surface area contributed by atoms with Gasteiger partial charge >= 0.3 is 12.2 Å². The molecular weight excluding hydrogens is 420 g/mol. The van der Waals surface area contributed by atoms with Crippen molar-refractivity contribution in [2.75, 3.05) is 32.7 Å². The van der Waals surface area contributed by atoms with Crippen LogP contribution >= 0.6 is 0 Å². The van der Waals surface area contributed by atoms with Crippen LogP contribution < -0.4 is 16.0 Å². The highest BCUT2D eigenvalue weighted by molar-refractivity contribution is 5.68. The monoisotopic (exact) mass is 470 g/mol. The Morgan fingerprint density at radius 2 is 1.27 bits per heavy atom. The van der Waals surface area contributed by atoms with Crippen molar-refractivity contribution in [1.82, 2.24) is 20.9 Å². The third-order valence-corrected chi connectivity index (χ3v) is 5.39. The van der Waals surface area contributed by atoms with Crippen LogP contribution in [0, 0.1) is 5.92 Å². The van der Waals surface area contributed by atoms with Gasteiger partial charge in [-0.3, -0.25) is 0 Å². The minimum atomic E-state index is -0.415. The lowest BCUT2D eigenvalue weighted by Gasteiger charge is -2.33. The summed E-state index contributed by atoms with van der Waals surface area (Å²) in [5.41, 5.74) is -0.820. The van der Waals surface area contributed by atoms with Crippen molar-refractivity contribution in [2.24, 2.45) is 5.92 Å². The highest BCUT2D eigenvalue weighted by atomic mass is 16.6. The Kier molecular flexibility index (Phi) is 12.5. The molecule has 8 heteroatoms. The molecule has 0 aromatic heterocycles. The molecular formula is C25H50N4O4. The van der Waals surface area contributed by atoms with Gasteiger partial charge in [-0.2, -0.15) is 0 Å². The number of alkyl carbamates (subject to hydrolysis) is 2. The third-order valence-electron chi connectivity index (χ3n) is 5.39. The summed E-state index contributed by atoms with van der Waals surface area (Å²) in [6.45, 7) is 21.1. The number of likely N-dealkylation sites (tertiary alicyclic amines) is 1. The first-order valence-corrected chi connectivity index (χ1v) is 12.7. The second-order valence-corrected chi connectivity index (χ2v) is 11.6. The molecule has 194 valence electrons. The number of hydrogen-bond acceptors (Lipinski definition) is 6. The summed E-state index contributed by atoms with van der Waals surface area (Å²) >= 11 is 0. The summed E-state index contributed by atoms with van der Waals surface area (Å²) in [7, 11) is 0. The predicted octanol–water partition coefficient (Wildman–Crippen LogP) is 4.28. The number of hydrogen-bond donors (Lipinski definition) is 3. The Bertz CT molecular complexity index is 570. The summed E-state index contributed by atoms with van der Waals surface area (Å²) in [5, 5.41) is 9.09. The number of rotatable bonds is 5. The number of piperidine rings is 2. The largest absolute Gasteiger partial charge is 0.444 e. The number of nitrogens with zero attached hydrogens (tertiary/aromatic N) is 1. The van der Waals surface area contributed by atoms with Crippen LogP contribution in [0.15, 0.2) is 0 Å². The molecule has 33 heavy (non-hydrogen) atoms. The molecule has 0 spiro atoms. The van der Waals surface area contributed by atoms with E-state index in [4.69, 9.17) is 9.47 Å². The van der Waals surface area contributed by atoms with Crippen molar-refractivity contribution in [1.29, 1.82) is 0 Å². The Morgan fingerprint density at radius 1 is 0.848 bits per heavy atom. The zero-order valence-electron chi connectivity index (χ0n) is 22.4. The van der Waals surface area contributed by atoms with Crippen LogP contribution in [-0.2, 0) is 9.47 Å². The van der Waals surface area contributed by atoms with Crippen LogP contribution in [0.5, 0.6) is 0 Å². The van der Waals surface area contributed by atoms with E-state index in [1.165, 1.54) is 13.0 Å². The molecule has 2 rings (SSSR count). The number of amides is 2. The highest BCUT2D eigenvalue weighted by Gasteiger charge is 2.23. The number of carbonyl (C=O) groups is 2. The molecule has 0 aliphatic carbocycles. The molecule has 0 bridgehead atoms. The fourth-order valence-electron chi connectivity index (χ4n) is 3.66. The number of ether oxygens (including phenoxy) is 2. The van der Waals surface area contributed by atoms with Gasteiger partial charge in [-0.25, -0.2) is 9.59 Å². The Hall–Kier alpha value is -1.54. The average molecular weight is 471 g/mol. The Labute approximate surface area is 201 Å². The molecule has 0 atom stereocenters. The second-order valence-electron chi connectivity index (χ2n) is 11.6. The van der Waals surface area contributed by atoms with Crippen LogP contribution in [0.1, 0.15) is 87.5 Å². The van der Waals surface area contributed by atoms with Crippen LogP contribution in [-0.4, -0.2) is 73.1 Å². The van der Waals surface area contributed by atoms with E-state index in [0.717, 1.165) is 57.8 Å². The number of carbonyl (C=O) groups excluding carboxylic acids is 2. The first-order chi connectivity index (χ1) is 15.2. The van der Waals surface area contributed by atoms with Crippen molar-refractivity contribution in [3.05, 3.63) is 0 Å². The first kappa shape index (κ1) is 29.5. The standard InChI is InChI=1S/C15H30N2O2.C10H20N2O2/c1-12(2)6-9-17-10-7-13(8-11-17)16-14(18)19-15(3,4)5;1-10(2,3)14-9(13)12-8-4-6-11-7-5-8/h12-13H,6-11H2,1-5H3,(H,16,18);8,11H,4-7H2,1-3H3,(H,12,13). The summed E-state index contributed by atoms with van der Waals surface area (Å²) in [6, 6.07) is 0.538. The maximum atomic E-state index is 11.7. The van der Waals surface area contributed by atoms with E-state index in [-0.39, 0.29) is 24.3 Å². The Balaban J connectivity index is 0.000000346. The van der Waals surface area contributed by atoms with Crippen molar-refractivity contribution in [3.63, 3.8) is 0 Å². The summed E-state index contributed by atoms with van der Waals surface area (Å²) < 4.78 is 10.5. The molecule has 2 heterocycles. The van der Waals surface area contributed by atoms with Gasteiger partial charge in [-0.1, -0.05) is 13.8 Å². The van der Waals surface area contributed by atoms with Gasteiger partial charge < -0.3 is 30.3 Å². The van der Waals surface area contributed by atoms with E-state index in [9.17, 15) is 9.59 Å². The molecule has 2 aliphatic heterocycles. The van der Waals surface area contributed by atoms with Gasteiger partial charge in [0.15, 0.2) is 0 Å². The van der Waals surface area contributed by atoms with E-state index in [2.05, 4.69) is 34.7 Å². The van der Waals surface area contributed by atoms with Gasteiger partial charge in [-0.05, 0) is 99.2 Å². The molecule has 8 nitrogen and oxygen atoms in total. The van der Waals surface area contributed by atoms with Gasteiger partial charge in [0.25, 0.3) is 0 Å². The molecule has 0 aromatic carbocycles. The van der Waals surface area contributed by atoms with Gasteiger partial charge in [-0.15, -0.1) is 0 Å². The normalized spacial score (nSPS) is 18.8. The minimum absolute atomic E-state index is 0.269. The zero-order valence-corrected chi connectivity index (χ0v) is 22.4. The second kappa shape index (κ2) is 14.0. The van der Waals surface area contributed by atoms with E-state index in [0.29, 0.717) is 0 Å². The highest BCUT2D eigenvalue weighted by Crippen LogP contribution is 2.14. The average Bonchev–Trinajstić information content (AvgIpc) is 2.65. The maximum Gasteiger partial charge on any atom is 0.407 e. The van der Waals surface area contributed by atoms with E-state index in [1.54, 1.807) is 0 Å². The molecule has 3 N–H and O–H groups in total. The molecule has 2 amide bonds. The van der Waals surface area contributed by atoms with Crippen LogP contribution in [0.2, 0.25) is 0 Å². The van der Waals surface area contributed by atoms with E-state index >= 15 is 0 Å². The van der Waals surface area contributed by atoms with Crippen molar-refractivity contribution in [3.8, 4) is 0 Å². The maximum absolute atomic E-state index is 11.7. The van der Waals surface area contributed by atoms with Crippen LogP contribution in [0.3, 0.4) is 0 Å². The predicted molar refractivity (Wildman–Crippen MR) is 134 cm³/mol. The van der Waals surface area contributed by atoms with Gasteiger partial charge in [0.2, 0.25) is 0 Å². The molecule has 0 radical (unpaired) electrons. The van der Waals surface area contributed by atoms with Crippen molar-refractivity contribution >= 4 is 12.2 Å². The fraction of sp³-hybridized carbons (Fsp3) is 0.920. The van der Waals surface area contributed by atoms with Gasteiger partial charge in [0, 0.05) is 25.2 Å². The lowest BCUT2D eigenvalue weighted by molar-refractivity contribution is 0.0472. The van der Waals surface area contributed by atoms with E-state index in [1.807, 2.05) is 41.5 Å². The van der Waals surface area contributed by atoms with Gasteiger partial charge in [0.05, 0.1) is 0 Å². The van der Waals surface area contributed by atoms with Crippen LogP contribution in [0.25, 0.3) is 0 Å². The van der Waals surface area contributed by atoms with Crippen molar-refractivity contribution in [2.45, 2.75) is 111 Å². The van der Waals surface area contributed by atoms with Crippen molar-refractivity contribution < 1.29 is 19.1 Å². The topological polar surface area (TPSA) is 91.9 Å². The Morgan fingerprint density at radius 3 is 1.67 bits per heavy atom. The SMILES string of the molecule is CC(C)(C)OC(=O)NC1CCNCC1.CC(C)CCN1CCC(NC(=O)OC(C)(C)C)CC1. The molecule has 2 fully saturated rings. The minimum Gasteiger partial charge on any atom is -0.444 e. The smallest absolute Gasteiger partial charge is 0.407 e. The number of nitrogens with one attached hydrogen (secondary N) is 3. The van der Waals surface area contributed by atoms with Gasteiger partial charge in [0.1, 0.15) is 11.2 Å². The zero-order chi connectivity index (χ0) is 25.1. The molecule has 2 saturated heterocycles. The lowest BCUT2D eigenvalue weighted by atomic mass is 10.0. The molecule has 0 saturated carbocycles. The molecule has 0 unspecified atom stereocenters. The lowest BCUT2D eigenvalue weighted by Crippen LogP contribution is -2.46.